The summed E-state index contributed by atoms with van der Waals surface area (Å²) < 4.78 is 5.66. The number of aliphatic imine (C=N–C) groups is 1. The maximum Gasteiger partial charge on any atom is 0.189 e. The van der Waals surface area contributed by atoms with Gasteiger partial charge in [-0.25, -0.2) is 0 Å². The Morgan fingerprint density at radius 2 is 2.25 bits per heavy atom. The van der Waals surface area contributed by atoms with E-state index in [4.69, 9.17) is 10.5 Å². The van der Waals surface area contributed by atoms with E-state index in [0.717, 1.165) is 25.3 Å². The van der Waals surface area contributed by atoms with E-state index in [1.54, 1.807) is 0 Å². The Labute approximate surface area is 120 Å². The minimum atomic E-state index is 0.209. The van der Waals surface area contributed by atoms with Crippen LogP contribution in [0.4, 0.5) is 0 Å². The molecular weight excluding hydrogens is 250 g/mol. The average Bonchev–Trinajstić information content (AvgIpc) is 3.26. The van der Waals surface area contributed by atoms with Gasteiger partial charge in [0.2, 0.25) is 0 Å². The number of rotatable bonds is 4. The smallest absolute Gasteiger partial charge is 0.189 e. The van der Waals surface area contributed by atoms with Gasteiger partial charge in [0.05, 0.1) is 12.6 Å². The van der Waals surface area contributed by atoms with Gasteiger partial charge in [0.25, 0.3) is 0 Å². The number of hydrogen-bond acceptors (Lipinski definition) is 2. The number of guanidine groups is 1. The lowest BCUT2D eigenvalue weighted by molar-refractivity contribution is 0.262. The Balaban J connectivity index is 1.65. The largest absolute Gasteiger partial charge is 0.493 e. The fourth-order valence-corrected chi connectivity index (χ4v) is 2.77. The van der Waals surface area contributed by atoms with Crippen LogP contribution in [0.5, 0.6) is 5.75 Å². The number of benzene rings is 1. The third-order valence-electron chi connectivity index (χ3n) is 4.57. The predicted molar refractivity (Wildman–Crippen MR) is 80.9 cm³/mol. The molecule has 1 aromatic carbocycles. The van der Waals surface area contributed by atoms with Crippen molar-refractivity contribution >= 4 is 5.96 Å². The number of fused-ring (bicyclic) bond motifs is 1. The van der Waals surface area contributed by atoms with E-state index in [1.807, 2.05) is 18.2 Å². The van der Waals surface area contributed by atoms with Gasteiger partial charge in [-0.2, -0.15) is 0 Å². The average molecular weight is 273 g/mol. The molecule has 1 aromatic rings. The van der Waals surface area contributed by atoms with Gasteiger partial charge in [-0.05, 0) is 30.7 Å². The summed E-state index contributed by atoms with van der Waals surface area (Å²) in [5.74, 6) is 1.52. The van der Waals surface area contributed by atoms with Gasteiger partial charge in [-0.3, -0.25) is 4.99 Å². The molecule has 20 heavy (non-hydrogen) atoms. The molecule has 0 amide bonds. The van der Waals surface area contributed by atoms with Crippen LogP contribution in [0, 0.1) is 5.41 Å². The van der Waals surface area contributed by atoms with Crippen molar-refractivity contribution in [1.82, 2.24) is 5.32 Å². The first-order valence-electron chi connectivity index (χ1n) is 7.51. The summed E-state index contributed by atoms with van der Waals surface area (Å²) in [4.78, 5) is 4.54. The van der Waals surface area contributed by atoms with Gasteiger partial charge in [-0.15, -0.1) is 0 Å². The Bertz CT molecular complexity index is 508. The molecule has 0 aromatic heterocycles. The summed E-state index contributed by atoms with van der Waals surface area (Å²) in [5.41, 5.74) is 7.67. The summed E-state index contributed by atoms with van der Waals surface area (Å²) in [6.07, 6.45) is 4.71. The van der Waals surface area contributed by atoms with Crippen molar-refractivity contribution in [2.24, 2.45) is 16.1 Å². The van der Waals surface area contributed by atoms with Crippen LogP contribution in [0.15, 0.2) is 29.3 Å². The second kappa shape index (κ2) is 5.35. The predicted octanol–water partition coefficient (Wildman–Crippen LogP) is 2.60. The molecule has 1 atom stereocenters. The summed E-state index contributed by atoms with van der Waals surface area (Å²) in [7, 11) is 0. The first-order chi connectivity index (χ1) is 9.72. The van der Waals surface area contributed by atoms with Gasteiger partial charge >= 0.3 is 0 Å². The minimum absolute atomic E-state index is 0.209. The normalized spacial score (nSPS) is 23.6. The molecule has 3 rings (SSSR count). The zero-order valence-electron chi connectivity index (χ0n) is 12.1. The van der Waals surface area contributed by atoms with Gasteiger partial charge in [0.1, 0.15) is 5.75 Å². The van der Waals surface area contributed by atoms with Crippen molar-refractivity contribution in [1.29, 1.82) is 0 Å². The Hall–Kier alpha value is -1.71. The second-order valence-electron chi connectivity index (χ2n) is 5.93. The number of para-hydroxylation sites is 1. The molecule has 1 aliphatic carbocycles. The highest BCUT2D eigenvalue weighted by molar-refractivity contribution is 5.78. The Kier molecular flexibility index (Phi) is 3.55. The highest BCUT2D eigenvalue weighted by Gasteiger charge is 2.40. The van der Waals surface area contributed by atoms with E-state index < -0.39 is 0 Å². The molecule has 0 saturated heterocycles. The maximum atomic E-state index is 6.05. The lowest BCUT2D eigenvalue weighted by atomic mass is 10.0. The zero-order valence-corrected chi connectivity index (χ0v) is 12.1. The second-order valence-corrected chi connectivity index (χ2v) is 5.93. The van der Waals surface area contributed by atoms with Gasteiger partial charge in [-0.1, -0.05) is 25.1 Å². The maximum absolute atomic E-state index is 6.05. The molecule has 108 valence electrons. The Morgan fingerprint density at radius 3 is 3.00 bits per heavy atom. The first kappa shape index (κ1) is 13.3. The van der Waals surface area contributed by atoms with E-state index in [9.17, 15) is 0 Å². The van der Waals surface area contributed by atoms with Gasteiger partial charge in [0, 0.05) is 18.5 Å². The molecule has 2 aliphatic rings. The summed E-state index contributed by atoms with van der Waals surface area (Å²) >= 11 is 0. The molecule has 1 unspecified atom stereocenters. The van der Waals surface area contributed by atoms with E-state index in [0.29, 0.717) is 11.4 Å². The van der Waals surface area contributed by atoms with Crippen molar-refractivity contribution in [2.75, 3.05) is 13.2 Å². The van der Waals surface area contributed by atoms with Crippen molar-refractivity contribution in [3.05, 3.63) is 29.8 Å². The summed E-state index contributed by atoms with van der Waals surface area (Å²) in [6.45, 7) is 3.81. The molecule has 1 heterocycles. The quantitative estimate of drug-likeness (QED) is 0.655. The highest BCUT2D eigenvalue weighted by Crippen LogP contribution is 2.48. The van der Waals surface area contributed by atoms with E-state index in [2.05, 4.69) is 23.3 Å². The summed E-state index contributed by atoms with van der Waals surface area (Å²) in [6, 6.07) is 8.34. The molecule has 0 radical (unpaired) electrons. The van der Waals surface area contributed by atoms with Gasteiger partial charge in [0.15, 0.2) is 5.96 Å². The molecule has 1 fully saturated rings. The lowest BCUT2D eigenvalue weighted by Crippen LogP contribution is -2.37. The van der Waals surface area contributed by atoms with Crippen LogP contribution in [0.1, 0.15) is 44.2 Å². The monoisotopic (exact) mass is 273 g/mol. The number of nitrogens with one attached hydrogen (secondary N) is 1. The fourth-order valence-electron chi connectivity index (χ4n) is 2.77. The SMILES string of the molecule is CCC1(CN=C(N)NC2CCOc3ccccc32)CC1. The summed E-state index contributed by atoms with van der Waals surface area (Å²) in [5, 5.41) is 3.35. The van der Waals surface area contributed by atoms with Crippen molar-refractivity contribution < 1.29 is 4.74 Å². The number of hydrogen-bond donors (Lipinski definition) is 2. The number of ether oxygens (including phenoxy) is 1. The molecule has 4 heteroatoms. The van der Waals surface area contributed by atoms with Crippen LogP contribution in [-0.4, -0.2) is 19.1 Å². The van der Waals surface area contributed by atoms with Crippen LogP contribution in [-0.2, 0) is 0 Å². The number of nitrogens with two attached hydrogens (primary N) is 1. The van der Waals surface area contributed by atoms with Crippen LogP contribution < -0.4 is 15.8 Å². The van der Waals surface area contributed by atoms with Crippen molar-refractivity contribution in [3.63, 3.8) is 0 Å². The number of nitrogens with zero attached hydrogens (tertiary/aromatic N) is 1. The zero-order chi connectivity index (χ0) is 14.0. The van der Waals surface area contributed by atoms with E-state index in [1.165, 1.54) is 24.8 Å². The molecule has 4 nitrogen and oxygen atoms in total. The third-order valence-corrected chi connectivity index (χ3v) is 4.57. The Morgan fingerprint density at radius 1 is 1.45 bits per heavy atom. The van der Waals surface area contributed by atoms with Gasteiger partial charge < -0.3 is 15.8 Å². The van der Waals surface area contributed by atoms with Crippen LogP contribution >= 0.6 is 0 Å². The fraction of sp³-hybridized carbons (Fsp3) is 0.562. The van der Waals surface area contributed by atoms with Crippen LogP contribution in [0.2, 0.25) is 0 Å². The molecule has 0 bridgehead atoms. The molecular formula is C16H23N3O. The van der Waals surface area contributed by atoms with Crippen LogP contribution in [0.3, 0.4) is 0 Å². The first-order valence-corrected chi connectivity index (χ1v) is 7.51. The van der Waals surface area contributed by atoms with Crippen LogP contribution in [0.25, 0.3) is 0 Å². The molecule has 1 aliphatic heterocycles. The topological polar surface area (TPSA) is 59.6 Å². The molecule has 3 N–H and O–H groups in total. The highest BCUT2D eigenvalue weighted by atomic mass is 16.5. The standard InChI is InChI=1S/C16H23N3O/c1-2-16(8-9-16)11-18-15(17)19-13-7-10-20-14-6-4-3-5-12(13)14/h3-6,13H,2,7-11H2,1H3,(H3,17,18,19). The van der Waals surface area contributed by atoms with Crippen molar-refractivity contribution in [3.8, 4) is 5.75 Å². The molecule has 1 saturated carbocycles. The van der Waals surface area contributed by atoms with E-state index in [-0.39, 0.29) is 6.04 Å². The lowest BCUT2D eigenvalue weighted by Gasteiger charge is -2.27. The van der Waals surface area contributed by atoms with E-state index >= 15 is 0 Å². The minimum Gasteiger partial charge on any atom is -0.493 e. The third kappa shape index (κ3) is 2.74. The molecule has 0 spiro atoms. The van der Waals surface area contributed by atoms with Crippen molar-refractivity contribution in [2.45, 2.75) is 38.6 Å².